The molecule has 0 amide bonds. The molecule has 0 aliphatic carbocycles. The van der Waals surface area contributed by atoms with Gasteiger partial charge in [-0.15, -0.1) is 0 Å². The number of thioether (sulfide) groups is 1. The van der Waals surface area contributed by atoms with Crippen molar-refractivity contribution in [2.24, 2.45) is 32.8 Å². The first-order valence-corrected chi connectivity index (χ1v) is 15.3. The van der Waals surface area contributed by atoms with E-state index in [1.807, 2.05) is 13.8 Å². The predicted molar refractivity (Wildman–Crippen MR) is 162 cm³/mol. The highest BCUT2D eigenvalue weighted by Crippen LogP contribution is 2.61. The SMILES string of the molecule is CCCCOC(=O)C(C)(CC(C)(C)C(C)(C)C(C)(CC(C)(C)SCCC(=O)OC)C(=O)OCCN)C(C)(C)C. The molecule has 0 aliphatic heterocycles. The Bertz CT molecular complexity index is 816. The van der Waals surface area contributed by atoms with Crippen LogP contribution in [0.15, 0.2) is 0 Å². The zero-order chi connectivity index (χ0) is 30.9. The minimum Gasteiger partial charge on any atom is -0.469 e. The van der Waals surface area contributed by atoms with Gasteiger partial charge in [-0.2, -0.15) is 11.8 Å². The third-order valence-electron chi connectivity index (χ3n) is 9.31. The largest absolute Gasteiger partial charge is 0.469 e. The van der Waals surface area contributed by atoms with E-state index in [9.17, 15) is 14.4 Å². The second-order valence-electron chi connectivity index (χ2n) is 14.1. The van der Waals surface area contributed by atoms with E-state index in [-0.39, 0.29) is 41.2 Å². The standard InChI is InChI=1S/C31H59NO6S/c1-14-15-18-37-24(34)30(11,26(2,3)4)21-27(5,6)29(9,10)31(12,25(35)38-19-17-32)22-28(7,8)39-20-16-23(33)36-13/h14-22,32H2,1-13H3. The van der Waals surface area contributed by atoms with Crippen LogP contribution in [0, 0.1) is 27.1 Å². The van der Waals surface area contributed by atoms with E-state index in [0.29, 0.717) is 31.6 Å². The highest BCUT2D eigenvalue weighted by atomic mass is 32.2. The van der Waals surface area contributed by atoms with Crippen LogP contribution in [0.3, 0.4) is 0 Å². The second-order valence-corrected chi connectivity index (χ2v) is 15.9. The molecule has 0 aliphatic rings. The third kappa shape index (κ3) is 9.65. The van der Waals surface area contributed by atoms with Crippen molar-refractivity contribution in [3.05, 3.63) is 0 Å². The summed E-state index contributed by atoms with van der Waals surface area (Å²) in [7, 11) is 1.39. The highest BCUT2D eigenvalue weighted by Gasteiger charge is 2.60. The summed E-state index contributed by atoms with van der Waals surface area (Å²) in [6.45, 7) is 25.8. The van der Waals surface area contributed by atoms with Gasteiger partial charge in [-0.25, -0.2) is 0 Å². The van der Waals surface area contributed by atoms with E-state index < -0.39 is 21.7 Å². The Balaban J connectivity index is 6.49. The molecule has 0 rings (SSSR count). The Labute approximate surface area is 243 Å². The van der Waals surface area contributed by atoms with Gasteiger partial charge in [-0.1, -0.05) is 75.7 Å². The Morgan fingerprint density at radius 3 is 1.74 bits per heavy atom. The monoisotopic (exact) mass is 573 g/mol. The maximum Gasteiger partial charge on any atom is 0.312 e. The Morgan fingerprint density at radius 2 is 1.28 bits per heavy atom. The highest BCUT2D eigenvalue weighted by molar-refractivity contribution is 8.00. The first kappa shape index (κ1) is 37.7. The zero-order valence-corrected chi connectivity index (χ0v) is 28.1. The molecule has 0 aromatic heterocycles. The first-order valence-electron chi connectivity index (χ1n) is 14.3. The summed E-state index contributed by atoms with van der Waals surface area (Å²) in [4.78, 5) is 39.1. The van der Waals surface area contributed by atoms with E-state index in [1.165, 1.54) is 7.11 Å². The van der Waals surface area contributed by atoms with Crippen LogP contribution in [-0.2, 0) is 28.6 Å². The normalized spacial score (nSPS) is 16.2. The molecule has 0 aromatic rings. The number of carbonyl (C=O) groups is 3. The van der Waals surface area contributed by atoms with Crippen molar-refractivity contribution in [1.82, 2.24) is 0 Å². The summed E-state index contributed by atoms with van der Waals surface area (Å²) >= 11 is 1.64. The van der Waals surface area contributed by atoms with Crippen LogP contribution >= 0.6 is 11.8 Å². The van der Waals surface area contributed by atoms with Crippen LogP contribution in [0.4, 0.5) is 0 Å². The van der Waals surface area contributed by atoms with Gasteiger partial charge in [-0.3, -0.25) is 14.4 Å². The van der Waals surface area contributed by atoms with Crippen molar-refractivity contribution in [3.8, 4) is 0 Å². The molecule has 0 heterocycles. The molecule has 230 valence electrons. The molecule has 0 fully saturated rings. The van der Waals surface area contributed by atoms with Crippen LogP contribution in [-0.4, -0.2) is 55.3 Å². The summed E-state index contributed by atoms with van der Waals surface area (Å²) in [6.07, 6.45) is 3.12. The Kier molecular flexibility index (Phi) is 14.1. The fourth-order valence-corrected chi connectivity index (χ4v) is 6.45. The number of unbranched alkanes of at least 4 members (excludes halogenated alkanes) is 1. The van der Waals surface area contributed by atoms with Gasteiger partial charge in [0, 0.05) is 17.0 Å². The fraction of sp³-hybridized carbons (Fsp3) is 0.903. The molecule has 0 bridgehead atoms. The summed E-state index contributed by atoms with van der Waals surface area (Å²) in [5, 5.41) is 0. The lowest BCUT2D eigenvalue weighted by molar-refractivity contribution is -0.179. The molecule has 2 N–H and O–H groups in total. The number of ether oxygens (including phenoxy) is 3. The minimum absolute atomic E-state index is 0.143. The van der Waals surface area contributed by atoms with Crippen LogP contribution in [0.2, 0.25) is 0 Å². The van der Waals surface area contributed by atoms with Gasteiger partial charge in [0.2, 0.25) is 0 Å². The quantitative estimate of drug-likeness (QED) is 0.115. The second kappa shape index (κ2) is 14.6. The molecule has 0 aromatic carbocycles. The van der Waals surface area contributed by atoms with Crippen LogP contribution in [0.25, 0.3) is 0 Å². The zero-order valence-electron chi connectivity index (χ0n) is 27.3. The van der Waals surface area contributed by atoms with Crippen molar-refractivity contribution in [2.75, 3.05) is 32.6 Å². The summed E-state index contributed by atoms with van der Waals surface area (Å²) in [6, 6.07) is 0. The molecule has 0 radical (unpaired) electrons. The predicted octanol–water partition coefficient (Wildman–Crippen LogP) is 6.80. The third-order valence-corrected chi connectivity index (χ3v) is 10.6. The van der Waals surface area contributed by atoms with Crippen LogP contribution in [0.1, 0.15) is 115 Å². The van der Waals surface area contributed by atoms with Gasteiger partial charge in [-0.05, 0) is 49.4 Å². The molecule has 7 nitrogen and oxygen atoms in total. The lowest BCUT2D eigenvalue weighted by Crippen LogP contribution is -2.56. The molecule has 0 saturated carbocycles. The maximum absolute atomic E-state index is 13.8. The summed E-state index contributed by atoms with van der Waals surface area (Å²) < 4.78 is 16.0. The lowest BCUT2D eigenvalue weighted by atomic mass is 9.47. The maximum atomic E-state index is 13.8. The Morgan fingerprint density at radius 1 is 0.769 bits per heavy atom. The molecular formula is C31H59NO6S. The number of nitrogens with two attached hydrogens (primary N) is 1. The molecule has 8 heteroatoms. The smallest absolute Gasteiger partial charge is 0.312 e. The van der Waals surface area contributed by atoms with Crippen molar-refractivity contribution in [2.45, 2.75) is 120 Å². The van der Waals surface area contributed by atoms with Crippen LogP contribution in [0.5, 0.6) is 0 Å². The van der Waals surface area contributed by atoms with Gasteiger partial charge < -0.3 is 19.9 Å². The van der Waals surface area contributed by atoms with E-state index >= 15 is 0 Å². The lowest BCUT2D eigenvalue weighted by Gasteiger charge is -2.57. The van der Waals surface area contributed by atoms with E-state index in [0.717, 1.165) is 12.8 Å². The van der Waals surface area contributed by atoms with Crippen molar-refractivity contribution in [3.63, 3.8) is 0 Å². The van der Waals surface area contributed by atoms with Crippen molar-refractivity contribution >= 4 is 29.7 Å². The van der Waals surface area contributed by atoms with Gasteiger partial charge in [0.15, 0.2) is 0 Å². The number of hydrogen-bond acceptors (Lipinski definition) is 8. The van der Waals surface area contributed by atoms with Crippen LogP contribution < -0.4 is 5.73 Å². The van der Waals surface area contributed by atoms with Crippen molar-refractivity contribution < 1.29 is 28.6 Å². The van der Waals surface area contributed by atoms with E-state index in [2.05, 4.69) is 69.2 Å². The van der Waals surface area contributed by atoms with Gasteiger partial charge in [0.1, 0.15) is 6.61 Å². The summed E-state index contributed by atoms with van der Waals surface area (Å²) in [5.41, 5.74) is 2.52. The number of methoxy groups -OCH3 is 1. The molecule has 2 atom stereocenters. The fourth-order valence-electron chi connectivity index (χ4n) is 5.24. The first-order chi connectivity index (χ1) is 17.6. The Hall–Kier alpha value is -1.28. The number of carbonyl (C=O) groups excluding carboxylic acids is 3. The van der Waals surface area contributed by atoms with E-state index in [1.54, 1.807) is 11.8 Å². The molecular weight excluding hydrogens is 514 g/mol. The van der Waals surface area contributed by atoms with Gasteiger partial charge in [0.25, 0.3) is 0 Å². The van der Waals surface area contributed by atoms with Crippen molar-refractivity contribution in [1.29, 1.82) is 0 Å². The topological polar surface area (TPSA) is 105 Å². The van der Waals surface area contributed by atoms with Gasteiger partial charge in [0.05, 0.1) is 31.0 Å². The minimum atomic E-state index is -0.918. The summed E-state index contributed by atoms with van der Waals surface area (Å²) in [5.74, 6) is -0.158. The number of rotatable bonds is 17. The molecule has 0 saturated heterocycles. The molecule has 2 unspecified atom stereocenters. The average Bonchev–Trinajstić information content (AvgIpc) is 2.80. The number of esters is 3. The van der Waals surface area contributed by atoms with E-state index in [4.69, 9.17) is 19.9 Å². The molecule has 0 spiro atoms. The average molecular weight is 574 g/mol. The molecule has 39 heavy (non-hydrogen) atoms. The number of hydrogen-bond donors (Lipinski definition) is 1. The van der Waals surface area contributed by atoms with Gasteiger partial charge >= 0.3 is 17.9 Å².